The van der Waals surface area contributed by atoms with Gasteiger partial charge in [0.25, 0.3) is 0 Å². The molecule has 30 nitrogen and oxygen atoms in total. The van der Waals surface area contributed by atoms with E-state index in [9.17, 15) is 26.3 Å². The van der Waals surface area contributed by atoms with Crippen LogP contribution in [-0.4, -0.2) is 163 Å². The quantitative estimate of drug-likeness (QED) is 0.0706. The fraction of sp³-hybridized carbons (Fsp3) is 0. The number of H-pyrrole nitrogens is 6. The van der Waals surface area contributed by atoms with Gasteiger partial charge in [0.2, 0.25) is 0 Å². The molecule has 21 aromatic rings. The van der Waals surface area contributed by atoms with Crippen LogP contribution in [0.15, 0.2) is 288 Å². The first kappa shape index (κ1) is 77.2. The Labute approximate surface area is 748 Å². The Balaban J connectivity index is 0.000000108. The predicted molar refractivity (Wildman–Crippen MR) is 495 cm³/mol. The number of aromatic nitrogens is 24. The Hall–Kier alpha value is -16.4. The largest absolute Gasteiger partial charge is 3.00 e. The fourth-order valence-electron chi connectivity index (χ4n) is 17.4. The summed E-state index contributed by atoms with van der Waals surface area (Å²) in [5.74, 6) is 5.50. The van der Waals surface area contributed by atoms with Crippen LogP contribution in [0.4, 0.5) is 0 Å². The maximum Gasteiger partial charge on any atom is 3.00 e. The van der Waals surface area contributed by atoms with Gasteiger partial charge >= 0.3 is 17.4 Å². The molecule has 3 unspecified atom stereocenters. The van der Waals surface area contributed by atoms with Crippen molar-refractivity contribution in [1.29, 1.82) is 0 Å². The van der Waals surface area contributed by atoms with Crippen molar-refractivity contribution in [3.8, 4) is 137 Å². The van der Waals surface area contributed by atoms with Crippen LogP contribution in [0.1, 0.15) is 0 Å². The molecule has 0 fully saturated rings. The Morgan fingerprint density at radius 3 is 0.454 bits per heavy atom. The van der Waals surface area contributed by atoms with E-state index < -0.39 is 33.2 Å². The van der Waals surface area contributed by atoms with Gasteiger partial charge in [-0.1, -0.05) is 255 Å². The predicted octanol–water partition coefficient (Wildman–Crippen LogP) is 17.9. The summed E-state index contributed by atoms with van der Waals surface area (Å²) in [5.41, 5.74) is 15.6. The molecule has 15 heterocycles. The van der Waals surface area contributed by atoms with Gasteiger partial charge in [0.05, 0.1) is 0 Å². The number of rotatable bonds is 3. The van der Waals surface area contributed by atoms with E-state index >= 15 is 0 Å². The van der Waals surface area contributed by atoms with Gasteiger partial charge in [-0.15, -0.1) is 0 Å². The molecule has 6 aliphatic heterocycles. The van der Waals surface area contributed by atoms with Crippen LogP contribution < -0.4 is 0 Å². The molecule has 6 N–H and O–H groups in total. The maximum absolute atomic E-state index is 12.3. The topological polar surface area (TPSA) is 447 Å². The fourth-order valence-corrected chi connectivity index (χ4v) is 19.1. The van der Waals surface area contributed by atoms with Gasteiger partial charge in [0, 0.05) is 146 Å². The molecule has 0 amide bonds. The van der Waals surface area contributed by atoms with Crippen LogP contribution in [0.5, 0.6) is 0 Å². The molecule has 130 heavy (non-hydrogen) atoms. The molecule has 3 atom stereocenters. The van der Waals surface area contributed by atoms with Crippen molar-refractivity contribution >= 4 is 183 Å². The van der Waals surface area contributed by atoms with E-state index in [0.717, 1.165) is 99.1 Å². The Morgan fingerprint density at radius 2 is 0.292 bits per heavy atom. The molecule has 612 valence electrons. The summed E-state index contributed by atoms with van der Waals surface area (Å²) in [7, 11) is 0. The minimum atomic E-state index is -2.52. The van der Waals surface area contributed by atoms with E-state index in [4.69, 9.17) is 89.7 Å². The van der Waals surface area contributed by atoms with Gasteiger partial charge < -0.3 is 43.6 Å². The average molecular weight is 1760 g/mol. The molecule has 12 aromatic carbocycles. The van der Waals surface area contributed by atoms with Crippen LogP contribution in [0.25, 0.3) is 269 Å². The Morgan fingerprint density at radius 1 is 0.162 bits per heavy atom. The molecule has 34 heteroatoms. The number of nitrogens with one attached hydrogen (secondary N) is 6. The summed E-state index contributed by atoms with van der Waals surface area (Å²) in [6.45, 7) is 0. The van der Waals surface area contributed by atoms with Crippen molar-refractivity contribution < 1.29 is 26.3 Å². The third kappa shape index (κ3) is 12.6. The van der Waals surface area contributed by atoms with Crippen molar-refractivity contribution in [3.05, 3.63) is 273 Å². The number of benzene rings is 12. The third-order valence-corrected chi connectivity index (χ3v) is 25.3. The van der Waals surface area contributed by atoms with Crippen LogP contribution in [0, 0.1) is 0 Å². The van der Waals surface area contributed by atoms with Crippen LogP contribution >= 0.6 is 0 Å². The molecule has 9 aromatic heterocycles. The van der Waals surface area contributed by atoms with E-state index in [0.29, 0.717) is 170 Å². The first-order valence-electron chi connectivity index (χ1n) is 40.3. The van der Waals surface area contributed by atoms with Gasteiger partial charge in [0.1, 0.15) is 67.8 Å². The molecule has 0 saturated carbocycles. The zero-order valence-corrected chi connectivity index (χ0v) is 70.4. The number of fused-ring (bicyclic) bond motifs is 60. The first-order chi connectivity index (χ1) is 63.4. The number of nitrogens with zero attached hydrogens (tertiary/aromatic N) is 18. The molecule has 6 aliphatic rings. The minimum Gasteiger partial charge on any atom is -0.768 e. The van der Waals surface area contributed by atoms with Crippen molar-refractivity contribution in [2.45, 2.75) is 14.7 Å². The smallest absolute Gasteiger partial charge is 0.768 e. The van der Waals surface area contributed by atoms with Crippen LogP contribution in [-0.2, 0) is 33.2 Å². The summed E-state index contributed by atoms with van der Waals surface area (Å²) < 4.78 is 74.0. The van der Waals surface area contributed by atoms with Crippen LogP contribution in [0.2, 0.25) is 0 Å². The van der Waals surface area contributed by atoms with E-state index in [1.54, 1.807) is 36.4 Å². The number of aromatic amines is 6. The van der Waals surface area contributed by atoms with Gasteiger partial charge in [0.15, 0.2) is 69.9 Å². The number of hydrogen-bond donors (Lipinski definition) is 6. The van der Waals surface area contributed by atoms with E-state index in [1.165, 1.54) is 0 Å². The van der Waals surface area contributed by atoms with Gasteiger partial charge in [-0.05, 0) is 51.4 Å². The summed E-state index contributed by atoms with van der Waals surface area (Å²) >= 11 is -7.56. The molecule has 0 spiro atoms. The summed E-state index contributed by atoms with van der Waals surface area (Å²) in [6, 6.07) is 85.2. The second-order valence-electron chi connectivity index (χ2n) is 30.5. The summed E-state index contributed by atoms with van der Waals surface area (Å²) in [5, 5.41) is 8.40. The molecule has 27 rings (SSSR count). The molecular weight excluding hydrogens is 1710 g/mol. The molecule has 24 bridgehead atoms. The van der Waals surface area contributed by atoms with E-state index in [2.05, 4.69) is 29.9 Å². The third-order valence-electron chi connectivity index (χ3n) is 23.2. The molecular formula is C96H51AlN24O6S3. The molecule has 0 aliphatic carbocycles. The number of hydrogen-bond acceptors (Lipinski definition) is 24. The molecule has 0 radical (unpaired) electrons. The van der Waals surface area contributed by atoms with Crippen molar-refractivity contribution in [1.82, 2.24) is 120 Å². The Bertz CT molecular complexity index is 8390. The second-order valence-corrected chi connectivity index (χ2v) is 33.2. The normalized spacial score (nSPS) is 12.7. The zero-order chi connectivity index (χ0) is 86.0. The minimum absolute atomic E-state index is 0. The average Bonchev–Trinajstić information content (AvgIpc) is 1.60. The van der Waals surface area contributed by atoms with Gasteiger partial charge in [-0.3, -0.25) is 12.6 Å². The summed E-state index contributed by atoms with van der Waals surface area (Å²) in [6.07, 6.45) is 0. The van der Waals surface area contributed by atoms with Crippen molar-refractivity contribution in [2.75, 3.05) is 0 Å². The van der Waals surface area contributed by atoms with Gasteiger partial charge in [-0.25, -0.2) is 89.7 Å². The monoisotopic (exact) mass is 1760 g/mol. The maximum atomic E-state index is 12.3. The van der Waals surface area contributed by atoms with Crippen molar-refractivity contribution in [3.63, 3.8) is 0 Å². The van der Waals surface area contributed by atoms with E-state index in [-0.39, 0.29) is 32.0 Å². The summed E-state index contributed by atoms with van der Waals surface area (Å²) in [4.78, 5) is 109. The molecule has 0 saturated heterocycles. The Kier molecular flexibility index (Phi) is 18.1. The first-order valence-corrected chi connectivity index (χ1v) is 43.6. The standard InChI is InChI=1S/3C32H18N8O2S.Al/c3*41-43(42)23-15-7-14-22-24(23)32-39-30-21-13-6-5-12-20(21)28(37-30)35-26-17-9-2-1-8-16(17)25(33-26)34-27-18-10-3-4-11-19(18)29(36-27)38-31(22)40-32;/h3*1-15H,(H,41,42)(H2,33,34,35,36,37,38,39,40);/q;;;+3/p-3. The zero-order valence-electron chi connectivity index (χ0n) is 66.8. The SMILES string of the molecule is O=S([O-])c1cccc2c3nc4nc(nc5[nH]c(nc6nc(nc([nH]3)c12)-c1ccccc1-6)c1ccccc51)-c1ccccc1-4.O=S([O-])c1cccc2c3nc4nc(nc5[nH]c(nc6nc(nc([nH]3)c12)-c1ccccc1-6)c1ccccc51)-c1ccccc1-4.O=S([O-])c1cccc2c3nc4nc(nc5[nH]c(nc6nc(nc([nH]3)c12)-c1ccccc1-6)c1ccccc51)-c1ccccc1-4.[Al+3]. The van der Waals surface area contributed by atoms with Gasteiger partial charge in [-0.2, -0.15) is 0 Å². The second kappa shape index (κ2) is 30.4. The van der Waals surface area contributed by atoms with Crippen LogP contribution in [0.3, 0.4) is 0 Å². The van der Waals surface area contributed by atoms with E-state index in [1.807, 2.05) is 237 Å². The van der Waals surface area contributed by atoms with Crippen molar-refractivity contribution in [2.24, 2.45) is 0 Å².